The maximum Gasteiger partial charge on any atom is 0.331 e. The minimum absolute atomic E-state index is 0.104. The second-order valence-electron chi connectivity index (χ2n) is 6.06. The number of ether oxygens (including phenoxy) is 2. The topological polar surface area (TPSA) is 134 Å². The first kappa shape index (κ1) is 20.5. The zero-order chi connectivity index (χ0) is 21.7. The number of esters is 1. The standard InChI is InChI=1S/C20H17N3O7/c1-12(20(25)22-15-8-7-13(23(26)27)11-17(15)28-2)29-19(24)10-9-18-21-14-5-3-4-6-16(14)30-18/h3-12H,1-2H3,(H,22,25)/b10-9+/t12-/m1/s1. The molecule has 2 aromatic carbocycles. The van der Waals surface area contributed by atoms with Crippen molar-refractivity contribution in [1.29, 1.82) is 0 Å². The fraction of sp³-hybridized carbons (Fsp3) is 0.150. The van der Waals surface area contributed by atoms with Crippen molar-refractivity contribution < 1.29 is 28.4 Å². The number of oxazole rings is 1. The number of hydrogen-bond acceptors (Lipinski definition) is 8. The van der Waals surface area contributed by atoms with Crippen LogP contribution in [0, 0.1) is 10.1 Å². The molecule has 0 radical (unpaired) electrons. The first-order valence-electron chi connectivity index (χ1n) is 8.75. The Morgan fingerprint density at radius 1 is 1.27 bits per heavy atom. The number of rotatable bonds is 7. The van der Waals surface area contributed by atoms with Gasteiger partial charge in [0.25, 0.3) is 11.6 Å². The molecule has 0 aliphatic carbocycles. The number of fused-ring (bicyclic) bond motifs is 1. The minimum Gasteiger partial charge on any atom is -0.494 e. The number of aromatic nitrogens is 1. The van der Waals surface area contributed by atoms with Gasteiger partial charge in [-0.25, -0.2) is 9.78 Å². The lowest BCUT2D eigenvalue weighted by Crippen LogP contribution is -2.29. The van der Waals surface area contributed by atoms with E-state index in [1.54, 1.807) is 18.2 Å². The van der Waals surface area contributed by atoms with Crippen LogP contribution in [0.25, 0.3) is 17.2 Å². The van der Waals surface area contributed by atoms with Gasteiger partial charge < -0.3 is 19.2 Å². The van der Waals surface area contributed by atoms with Crippen LogP contribution < -0.4 is 10.1 Å². The Morgan fingerprint density at radius 3 is 2.73 bits per heavy atom. The first-order chi connectivity index (χ1) is 14.4. The van der Waals surface area contributed by atoms with Crippen LogP contribution in [0.15, 0.2) is 53.0 Å². The lowest BCUT2D eigenvalue weighted by molar-refractivity contribution is -0.384. The second-order valence-corrected chi connectivity index (χ2v) is 6.06. The molecule has 1 amide bonds. The van der Waals surface area contributed by atoms with Gasteiger partial charge in [-0.15, -0.1) is 0 Å². The number of methoxy groups -OCH3 is 1. The fourth-order valence-corrected chi connectivity index (χ4v) is 2.50. The predicted molar refractivity (Wildman–Crippen MR) is 107 cm³/mol. The van der Waals surface area contributed by atoms with Crippen molar-refractivity contribution in [2.75, 3.05) is 12.4 Å². The second kappa shape index (κ2) is 8.86. The zero-order valence-corrected chi connectivity index (χ0v) is 16.0. The van der Waals surface area contributed by atoms with E-state index < -0.39 is 22.9 Å². The van der Waals surface area contributed by atoms with Crippen LogP contribution in [0.3, 0.4) is 0 Å². The number of para-hydroxylation sites is 2. The molecule has 0 saturated heterocycles. The summed E-state index contributed by atoms with van der Waals surface area (Å²) in [5.74, 6) is -1.07. The molecule has 10 nitrogen and oxygen atoms in total. The highest BCUT2D eigenvalue weighted by molar-refractivity contribution is 5.97. The van der Waals surface area contributed by atoms with Gasteiger partial charge in [0, 0.05) is 18.2 Å². The largest absolute Gasteiger partial charge is 0.494 e. The Kier molecular flexibility index (Phi) is 6.06. The van der Waals surface area contributed by atoms with Gasteiger partial charge in [-0.2, -0.15) is 0 Å². The van der Waals surface area contributed by atoms with Crippen molar-refractivity contribution >= 4 is 40.4 Å². The van der Waals surface area contributed by atoms with Crippen LogP contribution in [-0.4, -0.2) is 35.0 Å². The third-order valence-corrected chi connectivity index (χ3v) is 3.99. The molecule has 3 rings (SSSR count). The van der Waals surface area contributed by atoms with Crippen LogP contribution in [0.2, 0.25) is 0 Å². The van der Waals surface area contributed by atoms with Crippen LogP contribution in [0.5, 0.6) is 5.75 Å². The van der Waals surface area contributed by atoms with Crippen molar-refractivity contribution in [3.63, 3.8) is 0 Å². The summed E-state index contributed by atoms with van der Waals surface area (Å²) in [6.45, 7) is 1.39. The van der Waals surface area contributed by atoms with Crippen LogP contribution in [0.4, 0.5) is 11.4 Å². The van der Waals surface area contributed by atoms with Gasteiger partial charge in [0.1, 0.15) is 11.3 Å². The fourth-order valence-electron chi connectivity index (χ4n) is 2.50. The summed E-state index contributed by atoms with van der Waals surface area (Å²) in [5.41, 5.74) is 1.25. The number of nitrogens with one attached hydrogen (secondary N) is 1. The van der Waals surface area contributed by atoms with Crippen molar-refractivity contribution in [2.45, 2.75) is 13.0 Å². The number of carbonyl (C=O) groups is 2. The molecule has 0 saturated carbocycles. The van der Waals surface area contributed by atoms with E-state index in [0.29, 0.717) is 11.1 Å². The molecule has 0 unspecified atom stereocenters. The number of non-ortho nitro benzene ring substituents is 1. The van der Waals surface area contributed by atoms with Gasteiger partial charge in [-0.3, -0.25) is 14.9 Å². The van der Waals surface area contributed by atoms with Gasteiger partial charge >= 0.3 is 5.97 Å². The lowest BCUT2D eigenvalue weighted by Gasteiger charge is -2.14. The van der Waals surface area contributed by atoms with Gasteiger partial charge in [0.05, 0.1) is 23.8 Å². The van der Waals surface area contributed by atoms with Crippen molar-refractivity contribution in [3.05, 3.63) is 64.5 Å². The Bertz CT molecular complexity index is 1100. The quantitative estimate of drug-likeness (QED) is 0.271. The molecule has 1 N–H and O–H groups in total. The monoisotopic (exact) mass is 411 g/mol. The van der Waals surface area contributed by atoms with E-state index in [9.17, 15) is 19.7 Å². The molecule has 1 aromatic heterocycles. The molecule has 10 heteroatoms. The minimum atomic E-state index is -1.13. The highest BCUT2D eigenvalue weighted by Crippen LogP contribution is 2.29. The summed E-state index contributed by atoms with van der Waals surface area (Å²) >= 11 is 0. The Labute approximate surface area is 170 Å². The highest BCUT2D eigenvalue weighted by atomic mass is 16.6. The number of hydrogen-bond donors (Lipinski definition) is 1. The van der Waals surface area contributed by atoms with Crippen molar-refractivity contribution in [2.24, 2.45) is 0 Å². The molecule has 30 heavy (non-hydrogen) atoms. The average molecular weight is 411 g/mol. The van der Waals surface area contributed by atoms with Gasteiger partial charge in [0.15, 0.2) is 11.7 Å². The van der Waals surface area contributed by atoms with Crippen LogP contribution in [-0.2, 0) is 14.3 Å². The summed E-state index contributed by atoms with van der Waals surface area (Å²) in [6.07, 6.45) is 1.30. The van der Waals surface area contributed by atoms with E-state index in [4.69, 9.17) is 13.9 Å². The normalized spacial score (nSPS) is 11.9. The smallest absolute Gasteiger partial charge is 0.331 e. The molecule has 0 aliphatic heterocycles. The lowest BCUT2D eigenvalue weighted by atomic mass is 10.2. The third kappa shape index (κ3) is 4.79. The van der Waals surface area contributed by atoms with Crippen molar-refractivity contribution in [3.8, 4) is 5.75 Å². The number of carbonyl (C=O) groups excluding carboxylic acids is 2. The van der Waals surface area contributed by atoms with Gasteiger partial charge in [-0.05, 0) is 25.1 Å². The van der Waals surface area contributed by atoms with E-state index in [1.165, 1.54) is 38.3 Å². The molecule has 3 aromatic rings. The molecular weight excluding hydrogens is 394 g/mol. The summed E-state index contributed by atoms with van der Waals surface area (Å²) < 4.78 is 15.6. The molecular formula is C20H17N3O7. The number of nitrogens with zero attached hydrogens (tertiary/aromatic N) is 2. The number of benzene rings is 2. The van der Waals surface area contributed by atoms with E-state index >= 15 is 0 Å². The van der Waals surface area contributed by atoms with E-state index in [0.717, 1.165) is 6.08 Å². The SMILES string of the molecule is COc1cc([N+](=O)[O-])ccc1NC(=O)[C@@H](C)OC(=O)/C=C/c1nc2ccccc2o1. The van der Waals surface area contributed by atoms with Crippen molar-refractivity contribution in [1.82, 2.24) is 4.98 Å². The molecule has 0 spiro atoms. The third-order valence-electron chi connectivity index (χ3n) is 3.99. The average Bonchev–Trinajstić information content (AvgIpc) is 3.15. The molecule has 0 aliphatic rings. The maximum absolute atomic E-state index is 12.3. The maximum atomic E-state index is 12.3. The summed E-state index contributed by atoms with van der Waals surface area (Å²) in [4.78, 5) is 38.7. The van der Waals surface area contributed by atoms with E-state index in [1.807, 2.05) is 6.07 Å². The first-order valence-corrected chi connectivity index (χ1v) is 8.75. The zero-order valence-electron chi connectivity index (χ0n) is 16.0. The molecule has 0 fully saturated rings. The molecule has 154 valence electrons. The highest BCUT2D eigenvalue weighted by Gasteiger charge is 2.20. The Balaban J connectivity index is 1.61. The van der Waals surface area contributed by atoms with Crippen LogP contribution >= 0.6 is 0 Å². The summed E-state index contributed by atoms with van der Waals surface area (Å²) in [6, 6.07) is 10.9. The number of amides is 1. The summed E-state index contributed by atoms with van der Waals surface area (Å²) in [5, 5.41) is 13.3. The summed E-state index contributed by atoms with van der Waals surface area (Å²) in [7, 11) is 1.31. The Hall–Kier alpha value is -4.21. The number of anilines is 1. The van der Waals surface area contributed by atoms with Gasteiger partial charge in [0.2, 0.25) is 5.89 Å². The number of nitro benzene ring substituents is 1. The molecule has 0 bridgehead atoms. The van der Waals surface area contributed by atoms with E-state index in [-0.39, 0.29) is 23.0 Å². The Morgan fingerprint density at radius 2 is 2.03 bits per heavy atom. The number of nitro groups is 1. The molecule has 1 heterocycles. The van der Waals surface area contributed by atoms with E-state index in [2.05, 4.69) is 10.3 Å². The van der Waals surface area contributed by atoms with Crippen LogP contribution in [0.1, 0.15) is 12.8 Å². The predicted octanol–water partition coefficient (Wildman–Crippen LogP) is 3.33. The van der Waals surface area contributed by atoms with Gasteiger partial charge in [-0.1, -0.05) is 12.1 Å². The molecule has 1 atom stereocenters.